The molecule has 3 unspecified atom stereocenters. The van der Waals surface area contributed by atoms with Crippen molar-refractivity contribution in [2.24, 2.45) is 0 Å². The summed E-state index contributed by atoms with van der Waals surface area (Å²) in [4.78, 5) is 23.9. The van der Waals surface area contributed by atoms with Crippen LogP contribution in [0.5, 0.6) is 28.7 Å². The first-order valence-electron chi connectivity index (χ1n) is 12.7. The summed E-state index contributed by atoms with van der Waals surface area (Å²) in [5.74, 6) is 2.64. The fraction of sp³-hybridized carbons (Fsp3) is 0.333. The molecule has 41 heavy (non-hydrogen) atoms. The number of methoxy groups -OCH3 is 5. The van der Waals surface area contributed by atoms with Gasteiger partial charge in [-0.15, -0.1) is 12.4 Å². The summed E-state index contributed by atoms with van der Waals surface area (Å²) in [6.45, 7) is 2.06. The average molecular weight is 603 g/mol. The molecule has 3 aromatic carbocycles. The zero-order valence-electron chi connectivity index (χ0n) is 23.8. The molecule has 0 aliphatic carbocycles. The molecular formula is C30H35ClN2O7S. The van der Waals surface area contributed by atoms with Crippen LogP contribution in [-0.2, 0) is 11.2 Å². The van der Waals surface area contributed by atoms with Gasteiger partial charge in [0.1, 0.15) is 0 Å². The van der Waals surface area contributed by atoms with Crippen molar-refractivity contribution >= 4 is 35.3 Å². The molecule has 3 aromatic rings. The van der Waals surface area contributed by atoms with Crippen LogP contribution in [0.4, 0.5) is 4.79 Å². The predicted molar refractivity (Wildman–Crippen MR) is 161 cm³/mol. The number of carbonyl (C=O) groups excluding carboxylic acids is 2. The van der Waals surface area contributed by atoms with E-state index in [9.17, 15) is 9.59 Å². The van der Waals surface area contributed by atoms with Crippen molar-refractivity contribution in [3.8, 4) is 28.7 Å². The van der Waals surface area contributed by atoms with Gasteiger partial charge in [-0.2, -0.15) is 0 Å². The Morgan fingerprint density at radius 1 is 0.780 bits per heavy atom. The zero-order valence-corrected chi connectivity index (χ0v) is 25.4. The van der Waals surface area contributed by atoms with Crippen molar-refractivity contribution < 1.29 is 33.3 Å². The maximum Gasteiger partial charge on any atom is 0.286 e. The van der Waals surface area contributed by atoms with E-state index in [1.165, 1.54) is 0 Å². The predicted octanol–water partition coefficient (Wildman–Crippen LogP) is 5.49. The molecule has 1 aliphatic rings. The van der Waals surface area contributed by atoms with E-state index in [2.05, 4.69) is 23.6 Å². The van der Waals surface area contributed by atoms with Gasteiger partial charge < -0.3 is 23.7 Å². The molecule has 0 spiro atoms. The second kappa shape index (κ2) is 14.3. The van der Waals surface area contributed by atoms with Crippen molar-refractivity contribution in [3.05, 3.63) is 76.9 Å². The number of benzene rings is 3. The molecule has 1 aliphatic heterocycles. The smallest absolute Gasteiger partial charge is 0.286 e. The van der Waals surface area contributed by atoms with Gasteiger partial charge >= 0.3 is 0 Å². The minimum Gasteiger partial charge on any atom is -0.493 e. The van der Waals surface area contributed by atoms with E-state index in [-0.39, 0.29) is 35.6 Å². The normalized spacial score (nSPS) is 15.8. The van der Waals surface area contributed by atoms with Crippen LogP contribution in [0, 0.1) is 0 Å². The van der Waals surface area contributed by atoms with Crippen LogP contribution in [0.1, 0.15) is 41.3 Å². The number of hydrogen-bond acceptors (Lipinski definition) is 9. The van der Waals surface area contributed by atoms with Crippen LogP contribution in [0.3, 0.4) is 0 Å². The Hall–Kier alpha value is -3.60. The number of carbonyl (C=O) groups is 2. The highest BCUT2D eigenvalue weighted by Gasteiger charge is 2.31. The fourth-order valence-corrected chi connectivity index (χ4v) is 5.62. The number of rotatable bonds is 12. The van der Waals surface area contributed by atoms with Gasteiger partial charge in [0.25, 0.3) is 5.24 Å². The Balaban J connectivity index is 0.00000462. The van der Waals surface area contributed by atoms with Gasteiger partial charge in [0.2, 0.25) is 11.7 Å². The number of imide groups is 1. The lowest BCUT2D eigenvalue weighted by atomic mass is 9.94. The topological polar surface area (TPSA) is 104 Å². The summed E-state index contributed by atoms with van der Waals surface area (Å²) in [5, 5.41) is 5.35. The molecule has 220 valence electrons. The van der Waals surface area contributed by atoms with Gasteiger partial charge in [0.15, 0.2) is 23.0 Å². The van der Waals surface area contributed by atoms with Crippen molar-refractivity contribution in [1.82, 2.24) is 10.6 Å². The van der Waals surface area contributed by atoms with Crippen molar-refractivity contribution in [2.45, 2.75) is 30.7 Å². The largest absolute Gasteiger partial charge is 0.493 e. The first-order valence-corrected chi connectivity index (χ1v) is 13.6. The van der Waals surface area contributed by atoms with Gasteiger partial charge in [-0.3, -0.25) is 20.2 Å². The van der Waals surface area contributed by atoms with Gasteiger partial charge in [-0.25, -0.2) is 0 Å². The monoisotopic (exact) mass is 602 g/mol. The molecule has 0 aromatic heterocycles. The Labute approximate surface area is 250 Å². The summed E-state index contributed by atoms with van der Waals surface area (Å²) in [6, 6.07) is 17.3. The van der Waals surface area contributed by atoms with Gasteiger partial charge in [0.05, 0.1) is 46.8 Å². The molecule has 1 heterocycles. The van der Waals surface area contributed by atoms with Crippen LogP contribution in [0.15, 0.2) is 54.6 Å². The highest BCUT2D eigenvalue weighted by molar-refractivity contribution is 8.15. The SMILES string of the molecule is COc1ccc(C(NC(C)c2cc(OC)c(OC)c(OC)c2)c2cccc(CC3SC(=O)NC3=O)c2)cc1OC.Cl. The third-order valence-electron chi connectivity index (χ3n) is 6.82. The Bertz CT molecular complexity index is 1360. The number of thioether (sulfide) groups is 1. The van der Waals surface area contributed by atoms with Crippen LogP contribution in [0.25, 0.3) is 0 Å². The number of hydrogen-bond donors (Lipinski definition) is 2. The number of ether oxygens (including phenoxy) is 5. The van der Waals surface area contributed by atoms with Crippen LogP contribution in [0.2, 0.25) is 0 Å². The zero-order chi connectivity index (χ0) is 28.8. The number of amides is 2. The molecule has 0 bridgehead atoms. The maximum absolute atomic E-state index is 12.2. The second-order valence-corrected chi connectivity index (χ2v) is 10.4. The Morgan fingerprint density at radius 3 is 1.95 bits per heavy atom. The first kappa shape index (κ1) is 31.9. The second-order valence-electron chi connectivity index (χ2n) is 9.23. The standard InChI is InChI=1S/C30H34N2O7S.ClH/c1-17(21-15-24(37-4)28(39-6)25(16-21)38-5)31-27(20-10-11-22(35-2)23(14-20)36-3)19-9-7-8-18(12-19)13-26-29(33)32-30(34)40-26;/h7-12,14-17,26-27,31H,13H2,1-6H3,(H,32,33,34);1H. The molecule has 2 N–H and O–H groups in total. The highest BCUT2D eigenvalue weighted by atomic mass is 35.5. The molecule has 9 nitrogen and oxygen atoms in total. The third kappa shape index (κ3) is 7.19. The van der Waals surface area contributed by atoms with E-state index >= 15 is 0 Å². The van der Waals surface area contributed by atoms with Crippen LogP contribution < -0.4 is 34.3 Å². The van der Waals surface area contributed by atoms with Gasteiger partial charge in [-0.05, 0) is 59.9 Å². The summed E-state index contributed by atoms with van der Waals surface area (Å²) in [7, 11) is 7.96. The molecule has 3 atom stereocenters. The van der Waals surface area contributed by atoms with E-state index < -0.39 is 5.25 Å². The molecule has 4 rings (SSSR count). The molecule has 2 amide bonds. The average Bonchev–Trinajstić information content (AvgIpc) is 3.30. The molecule has 11 heteroatoms. The molecule has 1 saturated heterocycles. The van der Waals surface area contributed by atoms with E-state index in [4.69, 9.17) is 23.7 Å². The summed E-state index contributed by atoms with van der Waals surface area (Å²) in [5.41, 5.74) is 3.83. The number of nitrogens with one attached hydrogen (secondary N) is 2. The van der Waals surface area contributed by atoms with E-state index in [0.29, 0.717) is 35.2 Å². The summed E-state index contributed by atoms with van der Waals surface area (Å²) < 4.78 is 27.7. The van der Waals surface area contributed by atoms with Crippen LogP contribution in [-0.4, -0.2) is 51.9 Å². The Kier molecular flexibility index (Phi) is 11.2. The van der Waals surface area contributed by atoms with Crippen molar-refractivity contribution in [2.75, 3.05) is 35.5 Å². The summed E-state index contributed by atoms with van der Waals surface area (Å²) in [6.07, 6.45) is 0.442. The summed E-state index contributed by atoms with van der Waals surface area (Å²) >= 11 is 1.03. The molecular weight excluding hydrogens is 568 g/mol. The molecule has 1 fully saturated rings. The van der Waals surface area contributed by atoms with Crippen molar-refractivity contribution in [1.29, 1.82) is 0 Å². The van der Waals surface area contributed by atoms with E-state index in [1.54, 1.807) is 35.5 Å². The highest BCUT2D eigenvalue weighted by Crippen LogP contribution is 2.41. The minimum absolute atomic E-state index is 0. The Morgan fingerprint density at radius 2 is 1.39 bits per heavy atom. The fourth-order valence-electron chi connectivity index (χ4n) is 4.76. The van der Waals surface area contributed by atoms with Crippen molar-refractivity contribution in [3.63, 3.8) is 0 Å². The first-order chi connectivity index (χ1) is 19.3. The quantitative estimate of drug-likeness (QED) is 0.279. The lowest BCUT2D eigenvalue weighted by molar-refractivity contribution is -0.118. The maximum atomic E-state index is 12.2. The number of halogens is 1. The third-order valence-corrected chi connectivity index (χ3v) is 7.80. The van der Waals surface area contributed by atoms with E-state index in [1.807, 2.05) is 48.5 Å². The van der Waals surface area contributed by atoms with Gasteiger partial charge in [-0.1, -0.05) is 42.1 Å². The molecule has 0 saturated carbocycles. The van der Waals surface area contributed by atoms with Crippen LogP contribution >= 0.6 is 24.2 Å². The van der Waals surface area contributed by atoms with E-state index in [0.717, 1.165) is 34.0 Å². The van der Waals surface area contributed by atoms with Gasteiger partial charge in [0, 0.05) is 6.04 Å². The lowest BCUT2D eigenvalue weighted by Crippen LogP contribution is -2.27. The molecule has 0 radical (unpaired) electrons. The lowest BCUT2D eigenvalue weighted by Gasteiger charge is -2.27. The minimum atomic E-state index is -0.451.